The van der Waals surface area contributed by atoms with Gasteiger partial charge in [0.15, 0.2) is 0 Å². The second-order valence-corrected chi connectivity index (χ2v) is 7.51. The van der Waals surface area contributed by atoms with E-state index in [1.165, 1.54) is 30.3 Å². The van der Waals surface area contributed by atoms with Crippen molar-refractivity contribution in [1.82, 2.24) is 0 Å². The summed E-state index contributed by atoms with van der Waals surface area (Å²) in [6.45, 7) is -0.922. The van der Waals surface area contributed by atoms with Gasteiger partial charge in [0.2, 0.25) is 0 Å². The summed E-state index contributed by atoms with van der Waals surface area (Å²) in [6, 6.07) is 8.65. The quantitative estimate of drug-likeness (QED) is 0.766. The van der Waals surface area contributed by atoms with E-state index in [1.807, 2.05) is 0 Å². The van der Waals surface area contributed by atoms with Crippen LogP contribution in [0.2, 0.25) is 10.0 Å². The molecule has 0 heterocycles. The minimum atomic E-state index is -4.40. The molecule has 0 atom stereocenters. The number of carboxylic acids is 2. The van der Waals surface area contributed by atoms with Crippen LogP contribution in [0.1, 0.15) is 10.4 Å². The van der Waals surface area contributed by atoms with E-state index in [9.17, 15) is 18.0 Å². The van der Waals surface area contributed by atoms with Crippen LogP contribution in [0, 0.1) is 0 Å². The molecule has 2 aromatic carbocycles. The van der Waals surface area contributed by atoms with E-state index in [1.54, 1.807) is 0 Å². The van der Waals surface area contributed by atoms with Gasteiger partial charge in [0.1, 0.15) is 11.4 Å². The van der Waals surface area contributed by atoms with Crippen LogP contribution in [0.15, 0.2) is 47.4 Å². The molecule has 25 heavy (non-hydrogen) atoms. The molecule has 0 saturated heterocycles. The molecule has 0 aliphatic rings. The largest absolute Gasteiger partial charge is 0.480 e. The Morgan fingerprint density at radius 2 is 1.72 bits per heavy atom. The number of aliphatic carboxylic acids is 1. The second-order valence-electron chi connectivity index (χ2n) is 4.84. The summed E-state index contributed by atoms with van der Waals surface area (Å²) in [5, 5.41) is 18.1. The second kappa shape index (κ2) is 7.30. The van der Waals surface area contributed by atoms with Gasteiger partial charge in [0.05, 0.1) is 16.3 Å². The predicted molar refractivity (Wildman–Crippen MR) is 92.0 cm³/mol. The lowest BCUT2D eigenvalue weighted by molar-refractivity contribution is -0.135. The molecule has 10 heteroatoms. The lowest BCUT2D eigenvalue weighted by Gasteiger charge is -2.23. The van der Waals surface area contributed by atoms with Gasteiger partial charge in [-0.3, -0.25) is 9.10 Å². The van der Waals surface area contributed by atoms with Crippen molar-refractivity contribution in [2.75, 3.05) is 10.8 Å². The number of benzene rings is 2. The standard InChI is InChI=1S/C15H11Cl2NO6S/c16-10-4-5-12(17)13(7-10)25(23,24)18(8-14(19)20)11-3-1-2-9(6-11)15(21)22/h1-7H,8H2,(H,19,20)(H,21,22). The fraction of sp³-hybridized carbons (Fsp3) is 0.0667. The third-order valence-electron chi connectivity index (χ3n) is 3.12. The van der Waals surface area contributed by atoms with Crippen molar-refractivity contribution in [2.45, 2.75) is 4.90 Å². The van der Waals surface area contributed by atoms with Gasteiger partial charge in [-0.2, -0.15) is 0 Å². The van der Waals surface area contributed by atoms with E-state index >= 15 is 0 Å². The summed E-state index contributed by atoms with van der Waals surface area (Å²) < 4.78 is 26.3. The zero-order chi connectivity index (χ0) is 18.8. The van der Waals surface area contributed by atoms with Crippen molar-refractivity contribution in [3.8, 4) is 0 Å². The predicted octanol–water partition coefficient (Wildman–Crippen LogP) is 2.97. The molecule has 0 radical (unpaired) electrons. The van der Waals surface area contributed by atoms with Crippen LogP contribution >= 0.6 is 23.2 Å². The normalized spacial score (nSPS) is 11.1. The molecule has 2 rings (SSSR count). The van der Waals surface area contributed by atoms with Gasteiger partial charge in [-0.15, -0.1) is 0 Å². The average Bonchev–Trinajstić information content (AvgIpc) is 2.54. The van der Waals surface area contributed by atoms with Crippen molar-refractivity contribution in [3.63, 3.8) is 0 Å². The molecule has 7 nitrogen and oxygen atoms in total. The maximum Gasteiger partial charge on any atom is 0.335 e. The maximum atomic E-state index is 12.9. The van der Waals surface area contributed by atoms with Crippen molar-refractivity contribution >= 4 is 50.9 Å². The highest BCUT2D eigenvalue weighted by molar-refractivity contribution is 7.93. The van der Waals surface area contributed by atoms with Crippen molar-refractivity contribution < 1.29 is 28.2 Å². The molecule has 2 aromatic rings. The minimum absolute atomic E-state index is 0.0949. The Bertz CT molecular complexity index is 945. The van der Waals surface area contributed by atoms with E-state index in [2.05, 4.69) is 0 Å². The first kappa shape index (κ1) is 19.0. The summed E-state index contributed by atoms with van der Waals surface area (Å²) in [5.74, 6) is -2.71. The Kier molecular flexibility index (Phi) is 5.56. The third-order valence-corrected chi connectivity index (χ3v) is 5.61. The first-order chi connectivity index (χ1) is 11.6. The molecule has 132 valence electrons. The van der Waals surface area contributed by atoms with Crippen LogP contribution in [0.4, 0.5) is 5.69 Å². The summed E-state index contributed by atoms with van der Waals surface area (Å²) in [5.41, 5.74) is -0.321. The molecule has 0 aliphatic heterocycles. The van der Waals surface area contributed by atoms with Crippen molar-refractivity contribution in [3.05, 3.63) is 58.1 Å². The number of carboxylic acid groups (broad SMARTS) is 2. The molecule has 0 unspecified atom stereocenters. The summed E-state index contributed by atoms with van der Waals surface area (Å²) in [6.07, 6.45) is 0. The summed E-state index contributed by atoms with van der Waals surface area (Å²) >= 11 is 11.7. The first-order valence-corrected chi connectivity index (χ1v) is 8.85. The SMILES string of the molecule is O=C(O)CN(c1cccc(C(=O)O)c1)S(=O)(=O)c1cc(Cl)ccc1Cl. The van der Waals surface area contributed by atoms with E-state index in [-0.39, 0.29) is 26.2 Å². The van der Waals surface area contributed by atoms with E-state index < -0.39 is 28.5 Å². The van der Waals surface area contributed by atoms with Gasteiger partial charge < -0.3 is 10.2 Å². The highest BCUT2D eigenvalue weighted by Crippen LogP contribution is 2.31. The number of aromatic carboxylic acids is 1. The summed E-state index contributed by atoms with van der Waals surface area (Å²) in [4.78, 5) is 21.9. The lowest BCUT2D eigenvalue weighted by atomic mass is 10.2. The zero-order valence-corrected chi connectivity index (χ0v) is 14.7. The van der Waals surface area contributed by atoms with E-state index in [0.717, 1.165) is 12.1 Å². The number of halogens is 2. The van der Waals surface area contributed by atoms with Gasteiger partial charge in [-0.25, -0.2) is 13.2 Å². The third kappa shape index (κ3) is 4.22. The fourth-order valence-electron chi connectivity index (χ4n) is 2.03. The Hall–Kier alpha value is -2.29. The maximum absolute atomic E-state index is 12.9. The molecule has 0 aliphatic carbocycles. The molecule has 0 saturated carbocycles. The topological polar surface area (TPSA) is 112 Å². The smallest absolute Gasteiger partial charge is 0.335 e. The number of sulfonamides is 1. The fourth-order valence-corrected chi connectivity index (χ4v) is 4.17. The van der Waals surface area contributed by atoms with Crippen LogP contribution in [0.3, 0.4) is 0 Å². The van der Waals surface area contributed by atoms with Crippen LogP contribution in [-0.2, 0) is 14.8 Å². The number of nitrogens with zero attached hydrogens (tertiary/aromatic N) is 1. The molecule has 0 fully saturated rings. The Morgan fingerprint density at radius 1 is 1.04 bits per heavy atom. The Labute approximate surface area is 153 Å². The van der Waals surface area contributed by atoms with Gasteiger partial charge in [-0.1, -0.05) is 29.3 Å². The van der Waals surface area contributed by atoms with Crippen LogP contribution in [0.5, 0.6) is 0 Å². The van der Waals surface area contributed by atoms with Gasteiger partial charge in [-0.05, 0) is 36.4 Å². The Morgan fingerprint density at radius 3 is 2.32 bits per heavy atom. The van der Waals surface area contributed by atoms with Crippen LogP contribution in [0.25, 0.3) is 0 Å². The van der Waals surface area contributed by atoms with Crippen LogP contribution < -0.4 is 4.31 Å². The molecule has 0 aromatic heterocycles. The highest BCUT2D eigenvalue weighted by Gasteiger charge is 2.29. The number of hydrogen-bond donors (Lipinski definition) is 2. The van der Waals surface area contributed by atoms with Crippen molar-refractivity contribution in [2.24, 2.45) is 0 Å². The molecule has 0 amide bonds. The number of hydrogen-bond acceptors (Lipinski definition) is 4. The molecule has 2 N–H and O–H groups in total. The van der Waals surface area contributed by atoms with Gasteiger partial charge in [0, 0.05) is 5.02 Å². The first-order valence-electron chi connectivity index (χ1n) is 6.66. The summed E-state index contributed by atoms with van der Waals surface area (Å²) in [7, 11) is -4.40. The zero-order valence-electron chi connectivity index (χ0n) is 12.4. The van der Waals surface area contributed by atoms with E-state index in [0.29, 0.717) is 4.31 Å². The highest BCUT2D eigenvalue weighted by atomic mass is 35.5. The van der Waals surface area contributed by atoms with E-state index in [4.69, 9.17) is 33.4 Å². The molecular formula is C15H11Cl2NO6S. The van der Waals surface area contributed by atoms with Crippen molar-refractivity contribution in [1.29, 1.82) is 0 Å². The van der Waals surface area contributed by atoms with Gasteiger partial charge >= 0.3 is 11.9 Å². The molecular weight excluding hydrogens is 393 g/mol. The number of anilines is 1. The van der Waals surface area contributed by atoms with Crippen LogP contribution in [-0.4, -0.2) is 37.1 Å². The van der Waals surface area contributed by atoms with Gasteiger partial charge in [0.25, 0.3) is 10.0 Å². The average molecular weight is 404 g/mol. The monoisotopic (exact) mass is 403 g/mol. The number of rotatable bonds is 6. The molecule has 0 spiro atoms. The lowest BCUT2D eigenvalue weighted by Crippen LogP contribution is -2.36. The number of carbonyl (C=O) groups is 2. The molecule has 0 bridgehead atoms. The Balaban J connectivity index is 2.64. The minimum Gasteiger partial charge on any atom is -0.480 e.